The smallest absolute Gasteiger partial charge is 0.308 e. The monoisotopic (exact) mass is 524 g/mol. The van der Waals surface area contributed by atoms with Crippen molar-refractivity contribution < 1.29 is 19.1 Å². The molecule has 0 aromatic rings. The lowest BCUT2D eigenvalue weighted by molar-refractivity contribution is -0.150. The summed E-state index contributed by atoms with van der Waals surface area (Å²) in [5, 5.41) is 0. The number of unbranched alkanes of at least 4 members (excludes halogenated alkanes) is 18. The first-order valence-electron chi connectivity index (χ1n) is 16.3. The van der Waals surface area contributed by atoms with Crippen LogP contribution in [0.1, 0.15) is 175 Å². The molecule has 0 rings (SSSR count). The lowest BCUT2D eigenvalue weighted by Crippen LogP contribution is -2.22. The molecule has 0 bridgehead atoms. The van der Waals surface area contributed by atoms with Gasteiger partial charge < -0.3 is 9.47 Å². The van der Waals surface area contributed by atoms with Gasteiger partial charge in [-0.05, 0) is 31.6 Å². The molecule has 0 radical (unpaired) electrons. The summed E-state index contributed by atoms with van der Waals surface area (Å²) in [5.74, 6) is 0.427. The zero-order valence-electron chi connectivity index (χ0n) is 25.5. The van der Waals surface area contributed by atoms with E-state index in [2.05, 4.69) is 20.8 Å². The highest BCUT2D eigenvalue weighted by atomic mass is 16.5. The van der Waals surface area contributed by atoms with Crippen LogP contribution in [0.5, 0.6) is 0 Å². The van der Waals surface area contributed by atoms with Gasteiger partial charge in [-0.2, -0.15) is 0 Å². The average molecular weight is 525 g/mol. The van der Waals surface area contributed by atoms with Crippen LogP contribution in [0.2, 0.25) is 0 Å². The predicted octanol–water partition coefficient (Wildman–Crippen LogP) is 10.4. The summed E-state index contributed by atoms with van der Waals surface area (Å²) in [6.07, 6.45) is 27.6. The van der Waals surface area contributed by atoms with Gasteiger partial charge in [0.1, 0.15) is 0 Å². The van der Waals surface area contributed by atoms with E-state index in [1.54, 1.807) is 0 Å². The molecule has 4 nitrogen and oxygen atoms in total. The van der Waals surface area contributed by atoms with E-state index in [0.29, 0.717) is 25.6 Å². The molecule has 37 heavy (non-hydrogen) atoms. The molecule has 220 valence electrons. The Morgan fingerprint density at radius 1 is 0.514 bits per heavy atom. The summed E-state index contributed by atoms with van der Waals surface area (Å²) in [4.78, 5) is 23.9. The van der Waals surface area contributed by atoms with Crippen molar-refractivity contribution in [1.29, 1.82) is 0 Å². The molecule has 0 heterocycles. The number of hydrogen-bond donors (Lipinski definition) is 0. The van der Waals surface area contributed by atoms with Gasteiger partial charge in [-0.3, -0.25) is 9.59 Å². The quantitative estimate of drug-likeness (QED) is 0.0754. The first kappa shape index (κ1) is 35.9. The Morgan fingerprint density at radius 3 is 1.41 bits per heavy atom. The van der Waals surface area contributed by atoms with Crippen molar-refractivity contribution >= 4 is 11.9 Å². The van der Waals surface area contributed by atoms with Crippen LogP contribution in [-0.2, 0) is 19.1 Å². The van der Waals surface area contributed by atoms with Gasteiger partial charge in [-0.1, -0.05) is 143 Å². The SMILES string of the molecule is CCCCCCOC(=O)CCCCCCCCCCCCCCCC(C)C(C)C(=O)OCCCCCC. The molecule has 2 unspecified atom stereocenters. The van der Waals surface area contributed by atoms with Gasteiger partial charge in [0.05, 0.1) is 19.1 Å². The fourth-order valence-electron chi connectivity index (χ4n) is 4.78. The first-order chi connectivity index (χ1) is 18.0. The highest BCUT2D eigenvalue weighted by Crippen LogP contribution is 2.21. The Kier molecular flexibility index (Phi) is 27.2. The highest BCUT2D eigenvalue weighted by Gasteiger charge is 2.21. The molecule has 0 aromatic carbocycles. The molecule has 0 N–H and O–H groups in total. The van der Waals surface area contributed by atoms with Crippen LogP contribution in [0, 0.1) is 11.8 Å². The zero-order chi connectivity index (χ0) is 27.4. The molecule has 0 aliphatic rings. The van der Waals surface area contributed by atoms with Gasteiger partial charge in [0, 0.05) is 6.42 Å². The van der Waals surface area contributed by atoms with Crippen LogP contribution in [-0.4, -0.2) is 25.2 Å². The van der Waals surface area contributed by atoms with Crippen molar-refractivity contribution in [2.45, 2.75) is 175 Å². The summed E-state index contributed by atoms with van der Waals surface area (Å²) < 4.78 is 10.8. The summed E-state index contributed by atoms with van der Waals surface area (Å²) in [7, 11) is 0. The molecule has 0 saturated carbocycles. The van der Waals surface area contributed by atoms with Gasteiger partial charge in [0.25, 0.3) is 0 Å². The lowest BCUT2D eigenvalue weighted by Gasteiger charge is -2.18. The van der Waals surface area contributed by atoms with Crippen molar-refractivity contribution in [2.24, 2.45) is 11.8 Å². The van der Waals surface area contributed by atoms with E-state index in [0.717, 1.165) is 38.5 Å². The molecule has 0 amide bonds. The predicted molar refractivity (Wildman–Crippen MR) is 158 cm³/mol. The van der Waals surface area contributed by atoms with E-state index >= 15 is 0 Å². The van der Waals surface area contributed by atoms with Crippen LogP contribution in [0.3, 0.4) is 0 Å². The van der Waals surface area contributed by atoms with Gasteiger partial charge >= 0.3 is 11.9 Å². The number of ether oxygens (including phenoxy) is 2. The Hall–Kier alpha value is -1.06. The van der Waals surface area contributed by atoms with E-state index in [4.69, 9.17) is 9.47 Å². The lowest BCUT2D eigenvalue weighted by atomic mass is 9.90. The Balaban J connectivity index is 3.37. The van der Waals surface area contributed by atoms with Crippen molar-refractivity contribution in [3.05, 3.63) is 0 Å². The third-order valence-corrected chi connectivity index (χ3v) is 7.77. The maximum Gasteiger partial charge on any atom is 0.308 e. The second-order valence-corrected chi connectivity index (χ2v) is 11.4. The number of carbonyl (C=O) groups is 2. The van der Waals surface area contributed by atoms with Gasteiger partial charge in [0.15, 0.2) is 0 Å². The molecule has 4 heteroatoms. The van der Waals surface area contributed by atoms with E-state index in [1.165, 1.54) is 103 Å². The van der Waals surface area contributed by atoms with E-state index in [1.807, 2.05) is 6.92 Å². The molecule has 0 aliphatic carbocycles. The topological polar surface area (TPSA) is 52.6 Å². The van der Waals surface area contributed by atoms with Crippen LogP contribution < -0.4 is 0 Å². The summed E-state index contributed by atoms with van der Waals surface area (Å²) in [6, 6.07) is 0. The first-order valence-corrected chi connectivity index (χ1v) is 16.3. The Morgan fingerprint density at radius 2 is 0.919 bits per heavy atom. The van der Waals surface area contributed by atoms with E-state index in [-0.39, 0.29) is 17.9 Å². The molecular formula is C33H64O4. The summed E-state index contributed by atoms with van der Waals surface area (Å²) in [5.41, 5.74) is 0. The standard InChI is InChI=1S/C33H64O4/c1-5-7-9-24-28-36-32(34)27-23-21-19-17-15-13-11-12-14-16-18-20-22-26-30(3)31(4)33(35)37-29-25-10-8-6-2/h30-31H,5-29H2,1-4H3. The third-order valence-electron chi connectivity index (χ3n) is 7.77. The molecule has 0 spiro atoms. The van der Waals surface area contributed by atoms with Crippen molar-refractivity contribution in [2.75, 3.05) is 13.2 Å². The maximum atomic E-state index is 12.2. The number of rotatable bonds is 28. The molecule has 2 atom stereocenters. The minimum absolute atomic E-state index is 0.00259. The number of carbonyl (C=O) groups excluding carboxylic acids is 2. The van der Waals surface area contributed by atoms with Gasteiger partial charge in [-0.25, -0.2) is 0 Å². The minimum Gasteiger partial charge on any atom is -0.466 e. The fraction of sp³-hybridized carbons (Fsp3) is 0.939. The molecule has 0 aromatic heterocycles. The highest BCUT2D eigenvalue weighted by molar-refractivity contribution is 5.72. The van der Waals surface area contributed by atoms with Crippen molar-refractivity contribution in [3.63, 3.8) is 0 Å². The number of esters is 2. The maximum absolute atomic E-state index is 12.2. The molecule has 0 aliphatic heterocycles. The Labute approximate surface area is 231 Å². The van der Waals surface area contributed by atoms with E-state index < -0.39 is 0 Å². The molecule has 0 fully saturated rings. The van der Waals surface area contributed by atoms with Crippen LogP contribution in [0.4, 0.5) is 0 Å². The Bertz CT molecular complexity index is 505. The van der Waals surface area contributed by atoms with Gasteiger partial charge in [0.2, 0.25) is 0 Å². The third kappa shape index (κ3) is 25.0. The second kappa shape index (κ2) is 28.0. The van der Waals surface area contributed by atoms with Crippen molar-refractivity contribution in [3.8, 4) is 0 Å². The molecular weight excluding hydrogens is 460 g/mol. The normalized spacial score (nSPS) is 12.9. The van der Waals surface area contributed by atoms with Crippen LogP contribution >= 0.6 is 0 Å². The second-order valence-electron chi connectivity index (χ2n) is 11.4. The fourth-order valence-corrected chi connectivity index (χ4v) is 4.78. The summed E-state index contributed by atoms with van der Waals surface area (Å²) >= 11 is 0. The average Bonchev–Trinajstić information content (AvgIpc) is 2.89. The zero-order valence-corrected chi connectivity index (χ0v) is 25.5. The largest absolute Gasteiger partial charge is 0.466 e. The van der Waals surface area contributed by atoms with Crippen molar-refractivity contribution in [1.82, 2.24) is 0 Å². The van der Waals surface area contributed by atoms with Gasteiger partial charge in [-0.15, -0.1) is 0 Å². The number of hydrogen-bond acceptors (Lipinski definition) is 4. The summed E-state index contributed by atoms with van der Waals surface area (Å²) in [6.45, 7) is 9.82. The van der Waals surface area contributed by atoms with Crippen LogP contribution in [0.25, 0.3) is 0 Å². The van der Waals surface area contributed by atoms with E-state index in [9.17, 15) is 9.59 Å². The minimum atomic E-state index is -0.00577. The van der Waals surface area contributed by atoms with Crippen LogP contribution in [0.15, 0.2) is 0 Å². The molecule has 0 saturated heterocycles.